The Morgan fingerprint density at radius 3 is 2.58 bits per heavy atom. The normalized spacial score (nSPS) is 11.0. The van der Waals surface area contributed by atoms with Gasteiger partial charge < -0.3 is 9.15 Å². The standard InChI is InChI=1S/C23H17N3O5/c27-23(22-13-18-12-19(26(28)29)8-11-21(18)31-22)25-24-14-16-6-9-20(10-7-16)30-15-17-4-2-1-3-5-17/h1-14H,15H2,(H,25,27)/b24-14-. The van der Waals surface area contributed by atoms with Gasteiger partial charge in [-0.1, -0.05) is 30.3 Å². The average molecular weight is 415 g/mol. The monoisotopic (exact) mass is 415 g/mol. The molecule has 0 aliphatic rings. The van der Waals surface area contributed by atoms with Crippen molar-refractivity contribution in [1.29, 1.82) is 0 Å². The summed E-state index contributed by atoms with van der Waals surface area (Å²) in [6.45, 7) is 0.477. The fourth-order valence-corrected chi connectivity index (χ4v) is 2.87. The second-order valence-electron chi connectivity index (χ2n) is 6.63. The number of hydrogen-bond acceptors (Lipinski definition) is 6. The fraction of sp³-hybridized carbons (Fsp3) is 0.0435. The first-order valence-electron chi connectivity index (χ1n) is 9.37. The topological polar surface area (TPSA) is 107 Å². The van der Waals surface area contributed by atoms with Gasteiger partial charge in [0.15, 0.2) is 5.76 Å². The third kappa shape index (κ3) is 4.94. The second kappa shape index (κ2) is 8.91. The minimum Gasteiger partial charge on any atom is -0.489 e. The lowest BCUT2D eigenvalue weighted by atomic mass is 10.2. The van der Waals surface area contributed by atoms with Crippen LogP contribution in [0.2, 0.25) is 0 Å². The first-order chi connectivity index (χ1) is 15.1. The molecule has 4 rings (SSSR count). The first kappa shape index (κ1) is 19.8. The number of nitrogens with zero attached hydrogens (tertiary/aromatic N) is 2. The molecule has 0 saturated heterocycles. The molecule has 0 saturated carbocycles. The van der Waals surface area contributed by atoms with Crippen molar-refractivity contribution in [3.63, 3.8) is 0 Å². The van der Waals surface area contributed by atoms with Crippen molar-refractivity contribution < 1.29 is 18.9 Å². The van der Waals surface area contributed by atoms with E-state index in [9.17, 15) is 14.9 Å². The van der Waals surface area contributed by atoms with E-state index in [4.69, 9.17) is 9.15 Å². The number of carbonyl (C=O) groups is 1. The van der Waals surface area contributed by atoms with Crippen LogP contribution in [-0.2, 0) is 6.61 Å². The van der Waals surface area contributed by atoms with Crippen LogP contribution in [-0.4, -0.2) is 17.0 Å². The van der Waals surface area contributed by atoms with Crippen molar-refractivity contribution in [2.45, 2.75) is 6.61 Å². The van der Waals surface area contributed by atoms with E-state index in [1.54, 1.807) is 0 Å². The third-order valence-electron chi connectivity index (χ3n) is 4.44. The molecule has 1 heterocycles. The molecule has 0 bridgehead atoms. The molecule has 0 unspecified atom stereocenters. The highest BCUT2D eigenvalue weighted by Gasteiger charge is 2.14. The molecule has 154 valence electrons. The van der Waals surface area contributed by atoms with Gasteiger partial charge in [0.2, 0.25) is 0 Å². The third-order valence-corrected chi connectivity index (χ3v) is 4.44. The number of furan rings is 1. The van der Waals surface area contributed by atoms with Gasteiger partial charge in [0.05, 0.1) is 11.1 Å². The Morgan fingerprint density at radius 1 is 1.06 bits per heavy atom. The van der Waals surface area contributed by atoms with E-state index in [0.29, 0.717) is 17.6 Å². The summed E-state index contributed by atoms with van der Waals surface area (Å²) in [6, 6.07) is 22.7. The van der Waals surface area contributed by atoms with E-state index >= 15 is 0 Å². The molecule has 0 aliphatic heterocycles. The summed E-state index contributed by atoms with van der Waals surface area (Å²) in [6.07, 6.45) is 1.49. The van der Waals surface area contributed by atoms with E-state index in [-0.39, 0.29) is 11.4 Å². The number of hydrogen-bond donors (Lipinski definition) is 1. The number of non-ortho nitro benzene ring substituents is 1. The van der Waals surface area contributed by atoms with Crippen LogP contribution in [0.15, 0.2) is 88.4 Å². The van der Waals surface area contributed by atoms with Crippen LogP contribution in [0.1, 0.15) is 21.7 Å². The van der Waals surface area contributed by atoms with Gasteiger partial charge in [0.1, 0.15) is 17.9 Å². The number of nitro groups is 1. The maximum atomic E-state index is 12.2. The molecule has 1 aromatic heterocycles. The second-order valence-corrected chi connectivity index (χ2v) is 6.63. The number of rotatable bonds is 7. The number of ether oxygens (including phenoxy) is 1. The van der Waals surface area contributed by atoms with Crippen LogP contribution in [0.5, 0.6) is 5.75 Å². The zero-order chi connectivity index (χ0) is 21.6. The van der Waals surface area contributed by atoms with Gasteiger partial charge >= 0.3 is 5.91 Å². The zero-order valence-electron chi connectivity index (χ0n) is 16.2. The van der Waals surface area contributed by atoms with Crippen molar-refractivity contribution in [2.75, 3.05) is 0 Å². The van der Waals surface area contributed by atoms with Gasteiger partial charge in [0, 0.05) is 17.5 Å². The van der Waals surface area contributed by atoms with Crippen molar-refractivity contribution in [1.82, 2.24) is 5.43 Å². The van der Waals surface area contributed by atoms with Gasteiger partial charge in [-0.3, -0.25) is 14.9 Å². The fourth-order valence-electron chi connectivity index (χ4n) is 2.87. The lowest BCUT2D eigenvalue weighted by Crippen LogP contribution is -2.16. The highest BCUT2D eigenvalue weighted by atomic mass is 16.6. The smallest absolute Gasteiger partial charge is 0.307 e. The van der Waals surface area contributed by atoms with Gasteiger partial charge in [-0.15, -0.1) is 0 Å². The summed E-state index contributed by atoms with van der Waals surface area (Å²) >= 11 is 0. The van der Waals surface area contributed by atoms with Crippen LogP contribution in [0.4, 0.5) is 5.69 Å². The molecular formula is C23H17N3O5. The minimum atomic E-state index is -0.557. The number of benzene rings is 3. The van der Waals surface area contributed by atoms with E-state index in [1.165, 1.54) is 30.5 Å². The van der Waals surface area contributed by atoms with Crippen LogP contribution in [0.25, 0.3) is 11.0 Å². The number of carbonyl (C=O) groups excluding carboxylic acids is 1. The molecule has 0 aliphatic carbocycles. The van der Waals surface area contributed by atoms with Gasteiger partial charge in [-0.2, -0.15) is 5.10 Å². The van der Waals surface area contributed by atoms with Crippen molar-refractivity contribution in [2.24, 2.45) is 5.10 Å². The van der Waals surface area contributed by atoms with Gasteiger partial charge in [0.25, 0.3) is 5.69 Å². The molecule has 8 heteroatoms. The maximum Gasteiger partial charge on any atom is 0.307 e. The Kier molecular flexibility index (Phi) is 5.70. The van der Waals surface area contributed by atoms with Crippen LogP contribution in [0.3, 0.4) is 0 Å². The Morgan fingerprint density at radius 2 is 1.84 bits per heavy atom. The summed E-state index contributed by atoms with van der Waals surface area (Å²) in [7, 11) is 0. The first-order valence-corrected chi connectivity index (χ1v) is 9.37. The minimum absolute atomic E-state index is 0.0114. The molecular weight excluding hydrogens is 398 g/mol. The van der Waals surface area contributed by atoms with Crippen LogP contribution >= 0.6 is 0 Å². The van der Waals surface area contributed by atoms with E-state index in [0.717, 1.165) is 16.9 Å². The summed E-state index contributed by atoms with van der Waals surface area (Å²) < 4.78 is 11.2. The average Bonchev–Trinajstić information content (AvgIpc) is 3.23. The van der Waals surface area contributed by atoms with E-state index < -0.39 is 10.8 Å². The van der Waals surface area contributed by atoms with Crippen molar-refractivity contribution in [3.05, 3.63) is 106 Å². The lowest BCUT2D eigenvalue weighted by Gasteiger charge is -2.06. The van der Waals surface area contributed by atoms with E-state index in [2.05, 4.69) is 10.5 Å². The quantitative estimate of drug-likeness (QED) is 0.268. The zero-order valence-corrected chi connectivity index (χ0v) is 16.2. The van der Waals surface area contributed by atoms with Crippen molar-refractivity contribution >= 4 is 28.8 Å². The largest absolute Gasteiger partial charge is 0.489 e. The maximum absolute atomic E-state index is 12.2. The molecule has 1 amide bonds. The summed E-state index contributed by atoms with van der Waals surface area (Å²) in [5.74, 6) is 0.177. The predicted molar refractivity (Wildman–Crippen MR) is 115 cm³/mol. The van der Waals surface area contributed by atoms with Gasteiger partial charge in [-0.25, -0.2) is 5.43 Å². The number of fused-ring (bicyclic) bond motifs is 1. The van der Waals surface area contributed by atoms with Crippen LogP contribution < -0.4 is 10.2 Å². The lowest BCUT2D eigenvalue weighted by molar-refractivity contribution is -0.384. The Balaban J connectivity index is 1.34. The summed E-state index contributed by atoms with van der Waals surface area (Å²) in [5, 5.41) is 15.2. The predicted octanol–water partition coefficient (Wildman–Crippen LogP) is 4.68. The molecule has 4 aromatic rings. The Labute approximate surface area is 176 Å². The SMILES string of the molecule is O=C(N/N=C\c1ccc(OCc2ccccc2)cc1)c1cc2cc([N+](=O)[O-])ccc2o1. The molecule has 0 atom stereocenters. The number of nitrogens with one attached hydrogen (secondary N) is 1. The molecule has 31 heavy (non-hydrogen) atoms. The molecule has 0 radical (unpaired) electrons. The van der Waals surface area contributed by atoms with Crippen LogP contribution in [0, 0.1) is 10.1 Å². The number of amides is 1. The number of hydrazone groups is 1. The van der Waals surface area contributed by atoms with E-state index in [1.807, 2.05) is 54.6 Å². The summed E-state index contributed by atoms with van der Waals surface area (Å²) in [5.41, 5.74) is 4.54. The Bertz CT molecular complexity index is 1250. The molecule has 0 spiro atoms. The molecule has 3 aromatic carbocycles. The highest BCUT2D eigenvalue weighted by molar-refractivity contribution is 5.97. The molecule has 8 nitrogen and oxygen atoms in total. The number of nitro benzene ring substituents is 1. The van der Waals surface area contributed by atoms with Gasteiger partial charge in [-0.05, 0) is 47.5 Å². The Hall–Kier alpha value is -4.46. The van der Waals surface area contributed by atoms with Crippen molar-refractivity contribution in [3.8, 4) is 5.75 Å². The summed E-state index contributed by atoms with van der Waals surface area (Å²) in [4.78, 5) is 22.6. The molecule has 0 fully saturated rings. The molecule has 1 N–H and O–H groups in total. The highest BCUT2D eigenvalue weighted by Crippen LogP contribution is 2.24.